The molecule has 0 aliphatic carbocycles. The Morgan fingerprint density at radius 2 is 1.67 bits per heavy atom. The highest BCUT2D eigenvalue weighted by Gasteiger charge is 2.37. The Labute approximate surface area is 111 Å². The smallest absolute Gasteiger partial charge is 0.305 e. The minimum Gasteiger partial charge on any atom is -0.464 e. The summed E-state index contributed by atoms with van der Waals surface area (Å²) in [6, 6.07) is 4.19. The van der Waals surface area contributed by atoms with Crippen molar-refractivity contribution in [3.8, 4) is 5.95 Å². The zero-order chi connectivity index (χ0) is 13.8. The van der Waals surface area contributed by atoms with E-state index in [0.29, 0.717) is 18.6 Å². The summed E-state index contributed by atoms with van der Waals surface area (Å²) >= 11 is 0. The van der Waals surface area contributed by atoms with Crippen molar-refractivity contribution in [2.75, 3.05) is 25.6 Å². The molecule has 0 bridgehead atoms. The van der Waals surface area contributed by atoms with Crippen molar-refractivity contribution in [1.29, 1.82) is 0 Å². The van der Waals surface area contributed by atoms with Crippen molar-refractivity contribution >= 4 is 19.4 Å². The third-order valence-corrected chi connectivity index (χ3v) is 9.16. The van der Waals surface area contributed by atoms with Gasteiger partial charge in [-0.05, 0) is 6.92 Å². The van der Waals surface area contributed by atoms with E-state index >= 15 is 0 Å². The summed E-state index contributed by atoms with van der Waals surface area (Å²) in [4.78, 5) is 6.60. The standard InChI is InChI=1S/C13H26N2O2Si/c1-7-16-12-11(14-13(17-12)15(5)6)18(8-2,9-3)10-4/h7-10H2,1-6H3. The number of oxazole rings is 1. The van der Waals surface area contributed by atoms with Crippen molar-refractivity contribution in [3.63, 3.8) is 0 Å². The van der Waals surface area contributed by atoms with Gasteiger partial charge in [0.25, 0.3) is 6.01 Å². The van der Waals surface area contributed by atoms with E-state index in [1.807, 2.05) is 25.9 Å². The number of ether oxygens (including phenoxy) is 1. The molecule has 0 saturated heterocycles. The van der Waals surface area contributed by atoms with Gasteiger partial charge in [-0.1, -0.05) is 38.9 Å². The molecule has 0 atom stereocenters. The molecule has 104 valence electrons. The molecule has 0 aliphatic heterocycles. The second kappa shape index (κ2) is 6.27. The van der Waals surface area contributed by atoms with Crippen LogP contribution in [0.5, 0.6) is 5.95 Å². The van der Waals surface area contributed by atoms with Gasteiger partial charge >= 0.3 is 5.95 Å². The Hall–Kier alpha value is -0.973. The molecule has 0 saturated carbocycles. The van der Waals surface area contributed by atoms with E-state index in [1.165, 1.54) is 18.1 Å². The molecule has 0 radical (unpaired) electrons. The van der Waals surface area contributed by atoms with Gasteiger partial charge in [0, 0.05) is 14.1 Å². The first-order valence-electron chi connectivity index (χ1n) is 6.86. The third-order valence-electron chi connectivity index (χ3n) is 3.78. The van der Waals surface area contributed by atoms with Crippen molar-refractivity contribution < 1.29 is 9.15 Å². The zero-order valence-electron chi connectivity index (χ0n) is 12.5. The van der Waals surface area contributed by atoms with Gasteiger partial charge in [-0.25, -0.2) is 0 Å². The lowest BCUT2D eigenvalue weighted by Crippen LogP contribution is -2.47. The van der Waals surface area contributed by atoms with E-state index in [2.05, 4.69) is 20.8 Å². The normalized spacial score (nSPS) is 11.7. The van der Waals surface area contributed by atoms with Crippen LogP contribution in [-0.4, -0.2) is 33.8 Å². The fourth-order valence-electron chi connectivity index (χ4n) is 2.30. The topological polar surface area (TPSA) is 38.5 Å². The van der Waals surface area contributed by atoms with Gasteiger partial charge in [0.05, 0.1) is 6.61 Å². The van der Waals surface area contributed by atoms with Crippen molar-refractivity contribution in [3.05, 3.63) is 0 Å². The Balaban J connectivity index is 3.26. The lowest BCUT2D eigenvalue weighted by molar-refractivity contribution is 0.262. The Morgan fingerprint density at radius 3 is 2.06 bits per heavy atom. The first-order valence-corrected chi connectivity index (χ1v) is 9.48. The van der Waals surface area contributed by atoms with Crippen LogP contribution in [0.4, 0.5) is 6.01 Å². The number of aromatic nitrogens is 1. The van der Waals surface area contributed by atoms with Crippen molar-refractivity contribution in [2.24, 2.45) is 0 Å². The van der Waals surface area contributed by atoms with Crippen LogP contribution < -0.4 is 15.0 Å². The Morgan fingerprint density at radius 1 is 1.11 bits per heavy atom. The number of hydrogen-bond donors (Lipinski definition) is 0. The quantitative estimate of drug-likeness (QED) is 0.714. The Bertz CT molecular complexity index is 365. The predicted octanol–water partition coefficient (Wildman–Crippen LogP) is 2.85. The lowest BCUT2D eigenvalue weighted by Gasteiger charge is -2.25. The first kappa shape index (κ1) is 15.1. The van der Waals surface area contributed by atoms with Crippen LogP contribution in [0.15, 0.2) is 4.42 Å². The van der Waals surface area contributed by atoms with Gasteiger partial charge in [-0.2, -0.15) is 4.98 Å². The third kappa shape index (κ3) is 2.71. The van der Waals surface area contributed by atoms with Crippen molar-refractivity contribution in [2.45, 2.75) is 45.8 Å². The number of nitrogens with zero attached hydrogens (tertiary/aromatic N) is 2. The molecule has 0 amide bonds. The Kier molecular flexibility index (Phi) is 5.25. The fraction of sp³-hybridized carbons (Fsp3) is 0.769. The number of rotatable bonds is 7. The van der Waals surface area contributed by atoms with Gasteiger partial charge in [0.15, 0.2) is 0 Å². The van der Waals surface area contributed by atoms with E-state index in [1.54, 1.807) is 0 Å². The highest BCUT2D eigenvalue weighted by molar-refractivity contribution is 6.91. The van der Waals surface area contributed by atoms with E-state index in [0.717, 1.165) is 5.32 Å². The van der Waals surface area contributed by atoms with E-state index in [9.17, 15) is 0 Å². The first-order chi connectivity index (χ1) is 8.54. The minimum absolute atomic E-state index is 0.622. The highest BCUT2D eigenvalue weighted by atomic mass is 28.3. The van der Waals surface area contributed by atoms with Crippen LogP contribution in [0.1, 0.15) is 27.7 Å². The van der Waals surface area contributed by atoms with Gasteiger partial charge in [-0.3, -0.25) is 0 Å². The maximum Gasteiger partial charge on any atom is 0.305 e. The number of hydrogen-bond acceptors (Lipinski definition) is 4. The molecule has 0 aliphatic rings. The largest absolute Gasteiger partial charge is 0.464 e. The molecule has 1 aromatic heterocycles. The summed E-state index contributed by atoms with van der Waals surface area (Å²) < 4.78 is 11.4. The van der Waals surface area contributed by atoms with Crippen LogP contribution in [0.3, 0.4) is 0 Å². The fourth-order valence-corrected chi connectivity index (χ4v) is 5.70. The van der Waals surface area contributed by atoms with Gasteiger partial charge in [0.1, 0.15) is 13.4 Å². The van der Waals surface area contributed by atoms with E-state index in [-0.39, 0.29) is 0 Å². The van der Waals surface area contributed by atoms with Crippen LogP contribution in [0.25, 0.3) is 0 Å². The average Bonchev–Trinajstić information content (AvgIpc) is 2.78. The molecular formula is C13H26N2O2Si. The molecule has 18 heavy (non-hydrogen) atoms. The second-order valence-electron chi connectivity index (χ2n) is 4.80. The second-order valence-corrected chi connectivity index (χ2v) is 9.96. The van der Waals surface area contributed by atoms with Gasteiger partial charge in [-0.15, -0.1) is 0 Å². The molecule has 0 aromatic carbocycles. The molecule has 1 aromatic rings. The maximum atomic E-state index is 5.76. The minimum atomic E-state index is -1.56. The van der Waals surface area contributed by atoms with Crippen molar-refractivity contribution in [1.82, 2.24) is 4.98 Å². The molecule has 0 N–H and O–H groups in total. The summed E-state index contributed by atoms with van der Waals surface area (Å²) in [7, 11) is 2.33. The average molecular weight is 270 g/mol. The molecule has 1 rings (SSSR count). The van der Waals surface area contributed by atoms with Crippen LogP contribution >= 0.6 is 0 Å². The predicted molar refractivity (Wildman–Crippen MR) is 78.8 cm³/mol. The summed E-state index contributed by atoms with van der Waals surface area (Å²) in [5, 5.41) is 1.11. The van der Waals surface area contributed by atoms with Crippen LogP contribution in [-0.2, 0) is 0 Å². The molecule has 0 fully saturated rings. The van der Waals surface area contributed by atoms with E-state index in [4.69, 9.17) is 14.1 Å². The van der Waals surface area contributed by atoms with Crippen LogP contribution in [0.2, 0.25) is 18.1 Å². The molecule has 0 unspecified atom stereocenters. The lowest BCUT2D eigenvalue weighted by atomic mass is 10.8. The zero-order valence-corrected chi connectivity index (χ0v) is 13.5. The molecular weight excluding hydrogens is 244 g/mol. The van der Waals surface area contributed by atoms with E-state index < -0.39 is 8.07 Å². The SMILES string of the molecule is CCOc1oc(N(C)C)nc1[Si](CC)(CC)CC. The summed E-state index contributed by atoms with van der Waals surface area (Å²) in [5.41, 5.74) is 0. The number of anilines is 1. The summed E-state index contributed by atoms with van der Waals surface area (Å²) in [6.07, 6.45) is 0. The summed E-state index contributed by atoms with van der Waals surface area (Å²) in [6.45, 7) is 9.39. The maximum absolute atomic E-state index is 5.76. The highest BCUT2D eigenvalue weighted by Crippen LogP contribution is 2.27. The molecule has 5 heteroatoms. The van der Waals surface area contributed by atoms with Crippen LogP contribution in [0, 0.1) is 0 Å². The monoisotopic (exact) mass is 270 g/mol. The van der Waals surface area contributed by atoms with Gasteiger partial charge < -0.3 is 14.1 Å². The molecule has 4 nitrogen and oxygen atoms in total. The summed E-state index contributed by atoms with van der Waals surface area (Å²) in [5.74, 6) is 0.651. The van der Waals surface area contributed by atoms with Gasteiger partial charge in [0.2, 0.25) is 0 Å². The molecule has 0 spiro atoms. The molecule has 1 heterocycles.